The molecule has 1 N–H and O–H groups in total. The van der Waals surface area contributed by atoms with Gasteiger partial charge in [-0.1, -0.05) is 6.07 Å². The fourth-order valence-electron chi connectivity index (χ4n) is 4.67. The van der Waals surface area contributed by atoms with Gasteiger partial charge in [0, 0.05) is 19.2 Å². The Morgan fingerprint density at radius 1 is 1.05 bits per heavy atom. The molecule has 2 saturated heterocycles. The number of carbonyl (C=O) groups excluding carboxylic acids is 4. The first-order valence-corrected chi connectivity index (χ1v) is 12.5. The minimum Gasteiger partial charge on any atom is -0.455 e. The van der Waals surface area contributed by atoms with Crippen molar-refractivity contribution in [2.24, 2.45) is 0 Å². The van der Waals surface area contributed by atoms with E-state index in [0.29, 0.717) is 42.9 Å². The fraction of sp³-hybridized carbons (Fsp3) is 0.519. The normalized spacial score (nSPS) is 23.1. The van der Waals surface area contributed by atoms with E-state index in [-0.39, 0.29) is 11.5 Å². The number of allylic oxidation sites excluding steroid dienone is 3. The van der Waals surface area contributed by atoms with Crippen LogP contribution in [0.15, 0.2) is 47.4 Å². The Labute approximate surface area is 216 Å². The number of ketones is 1. The minimum absolute atomic E-state index is 0.0665. The van der Waals surface area contributed by atoms with Crippen LogP contribution in [0.4, 0.5) is 10.6 Å². The van der Waals surface area contributed by atoms with E-state index in [1.54, 1.807) is 59.9 Å². The van der Waals surface area contributed by atoms with Crippen LogP contribution in [0, 0.1) is 0 Å². The third-order valence-electron chi connectivity index (χ3n) is 6.11. The van der Waals surface area contributed by atoms with Crippen LogP contribution in [-0.2, 0) is 23.9 Å². The van der Waals surface area contributed by atoms with Crippen LogP contribution in [0.5, 0.6) is 0 Å². The number of hydrogen-bond donors (Lipinski definition) is 1. The van der Waals surface area contributed by atoms with Crippen LogP contribution in [-0.4, -0.2) is 63.5 Å². The predicted octanol–water partition coefficient (Wildman–Crippen LogP) is 3.24. The molecule has 0 aliphatic carbocycles. The van der Waals surface area contributed by atoms with Gasteiger partial charge in [-0.2, -0.15) is 0 Å². The van der Waals surface area contributed by atoms with E-state index >= 15 is 0 Å². The number of nitrogens with one attached hydrogen (secondary N) is 1. The van der Waals surface area contributed by atoms with Crippen molar-refractivity contribution in [3.63, 3.8) is 0 Å². The third-order valence-corrected chi connectivity index (χ3v) is 6.11. The molecule has 0 unspecified atom stereocenters. The molecule has 0 aromatic carbocycles. The number of ether oxygens (including phenoxy) is 2. The average Bonchev–Trinajstić information content (AvgIpc) is 3.15. The number of nitrogens with zero attached hydrogens (tertiary/aromatic N) is 3. The van der Waals surface area contributed by atoms with E-state index in [1.807, 2.05) is 17.0 Å². The molecular weight excluding hydrogens is 476 g/mol. The number of rotatable bonds is 4. The molecule has 0 saturated carbocycles. The highest BCUT2D eigenvalue weighted by atomic mass is 16.6. The lowest BCUT2D eigenvalue weighted by molar-refractivity contribution is -0.161. The molecule has 3 aliphatic rings. The quantitative estimate of drug-likeness (QED) is 0.373. The van der Waals surface area contributed by atoms with Gasteiger partial charge in [-0.05, 0) is 78.2 Å². The highest BCUT2D eigenvalue weighted by Gasteiger charge is 2.54. The van der Waals surface area contributed by atoms with E-state index in [1.165, 1.54) is 4.90 Å². The summed E-state index contributed by atoms with van der Waals surface area (Å²) >= 11 is 0. The van der Waals surface area contributed by atoms with Gasteiger partial charge < -0.3 is 19.7 Å². The van der Waals surface area contributed by atoms with Gasteiger partial charge in [0.2, 0.25) is 0 Å². The maximum Gasteiger partial charge on any atom is 0.408 e. The molecule has 0 bridgehead atoms. The Morgan fingerprint density at radius 2 is 1.76 bits per heavy atom. The van der Waals surface area contributed by atoms with Gasteiger partial charge in [0.25, 0.3) is 5.91 Å². The van der Waals surface area contributed by atoms with Gasteiger partial charge in [0.05, 0.1) is 11.7 Å². The Balaban J connectivity index is 1.68. The maximum absolute atomic E-state index is 13.4. The van der Waals surface area contributed by atoms with E-state index in [0.717, 1.165) is 0 Å². The molecule has 2 atom stereocenters. The summed E-state index contributed by atoms with van der Waals surface area (Å²) in [6.07, 6.45) is 3.89. The molecule has 4 heterocycles. The number of Topliss-reactive ketones (excluding diaryl/α,β-unsaturated/α-hetero) is 1. The Bertz CT molecular complexity index is 1180. The maximum atomic E-state index is 13.4. The van der Waals surface area contributed by atoms with Crippen LogP contribution < -0.4 is 10.2 Å². The highest BCUT2D eigenvalue weighted by Crippen LogP contribution is 2.39. The number of anilines is 1. The molecule has 10 heteroatoms. The molecule has 0 radical (unpaired) electrons. The lowest BCUT2D eigenvalue weighted by Gasteiger charge is -2.50. The molecule has 0 spiro atoms. The van der Waals surface area contributed by atoms with Crippen LogP contribution in [0.25, 0.3) is 0 Å². The van der Waals surface area contributed by atoms with Gasteiger partial charge in [0.1, 0.15) is 28.8 Å². The standard InChI is InChI=1S/C27H34N4O6/c1-26(2,3)36-24(34)22-16(15-18-19(32)12-14-30(18)20-9-7-8-13-28-20)10-11-17-21(23(33)31(17)22)29-25(35)37-27(4,5)6/h7-9,13,15,17,21H,10-12,14H2,1-6H3,(H,29,35)/b18-15+/t17-,21+/m1/s1. The highest BCUT2D eigenvalue weighted by molar-refractivity contribution is 6.04. The first-order chi connectivity index (χ1) is 17.2. The molecule has 2 amide bonds. The largest absolute Gasteiger partial charge is 0.455 e. The average molecular weight is 511 g/mol. The number of alkyl carbamates (subject to hydrolysis) is 1. The number of carbonyl (C=O) groups is 4. The number of aromatic nitrogens is 1. The van der Waals surface area contributed by atoms with Crippen LogP contribution in [0.1, 0.15) is 60.8 Å². The van der Waals surface area contributed by atoms with Crippen LogP contribution in [0.2, 0.25) is 0 Å². The second-order valence-corrected chi connectivity index (χ2v) is 11.4. The Kier molecular flexibility index (Phi) is 6.87. The minimum atomic E-state index is -0.806. The van der Waals surface area contributed by atoms with Crippen LogP contribution >= 0.6 is 0 Å². The molecule has 1 aromatic heterocycles. The molecule has 1 aromatic rings. The number of amides is 2. The Hall–Kier alpha value is -3.69. The zero-order valence-electron chi connectivity index (χ0n) is 22.2. The molecule has 198 valence electrons. The smallest absolute Gasteiger partial charge is 0.408 e. The topological polar surface area (TPSA) is 118 Å². The number of fused-ring (bicyclic) bond motifs is 1. The first kappa shape index (κ1) is 26.4. The number of β-lactam (4-membered cyclic amide) rings is 1. The van der Waals surface area contributed by atoms with Crippen molar-refractivity contribution in [3.05, 3.63) is 47.4 Å². The van der Waals surface area contributed by atoms with Crippen LogP contribution in [0.3, 0.4) is 0 Å². The van der Waals surface area contributed by atoms with Crippen molar-refractivity contribution in [3.8, 4) is 0 Å². The third kappa shape index (κ3) is 5.68. The van der Waals surface area contributed by atoms with E-state index < -0.39 is 41.3 Å². The van der Waals surface area contributed by atoms with Gasteiger partial charge in [-0.25, -0.2) is 14.6 Å². The summed E-state index contributed by atoms with van der Waals surface area (Å²) in [6, 6.07) is 4.23. The molecular formula is C27H34N4O6. The number of esters is 1. The van der Waals surface area contributed by atoms with Crippen molar-refractivity contribution in [1.82, 2.24) is 15.2 Å². The number of hydrogen-bond acceptors (Lipinski definition) is 8. The summed E-state index contributed by atoms with van der Waals surface area (Å²) in [7, 11) is 0. The fourth-order valence-corrected chi connectivity index (χ4v) is 4.67. The van der Waals surface area contributed by atoms with Crippen molar-refractivity contribution in [2.75, 3.05) is 11.4 Å². The van der Waals surface area contributed by atoms with E-state index in [2.05, 4.69) is 10.3 Å². The summed E-state index contributed by atoms with van der Waals surface area (Å²) in [6.45, 7) is 10.9. The van der Waals surface area contributed by atoms with Crippen molar-refractivity contribution in [1.29, 1.82) is 0 Å². The first-order valence-electron chi connectivity index (χ1n) is 12.5. The SMILES string of the molecule is CC(C)(C)OC(=O)N[C@@H]1C(=O)N2C(C(=O)OC(C)(C)C)=C(/C=C3\C(=O)CCN3c3ccccn3)CC[C@H]12. The molecule has 37 heavy (non-hydrogen) atoms. The van der Waals surface area contributed by atoms with Gasteiger partial charge in [-0.3, -0.25) is 14.5 Å². The summed E-state index contributed by atoms with van der Waals surface area (Å²) in [5.74, 6) is -0.507. The lowest BCUT2D eigenvalue weighted by Crippen LogP contribution is -2.72. The van der Waals surface area contributed by atoms with E-state index in [4.69, 9.17) is 9.47 Å². The van der Waals surface area contributed by atoms with Gasteiger partial charge in [-0.15, -0.1) is 0 Å². The molecule has 3 aliphatic heterocycles. The second kappa shape index (κ2) is 9.64. The zero-order chi connectivity index (χ0) is 27.1. The molecule has 4 rings (SSSR count). The molecule has 10 nitrogen and oxygen atoms in total. The summed E-state index contributed by atoms with van der Waals surface area (Å²) in [5.41, 5.74) is -0.435. The lowest BCUT2D eigenvalue weighted by atomic mass is 9.83. The Morgan fingerprint density at radius 3 is 2.38 bits per heavy atom. The van der Waals surface area contributed by atoms with Crippen molar-refractivity contribution < 1.29 is 28.7 Å². The summed E-state index contributed by atoms with van der Waals surface area (Å²) < 4.78 is 11.0. The zero-order valence-corrected chi connectivity index (χ0v) is 22.2. The second-order valence-electron chi connectivity index (χ2n) is 11.4. The van der Waals surface area contributed by atoms with Crippen molar-refractivity contribution >= 4 is 29.6 Å². The molecule has 2 fully saturated rings. The monoisotopic (exact) mass is 510 g/mol. The van der Waals surface area contributed by atoms with E-state index in [9.17, 15) is 19.2 Å². The summed E-state index contributed by atoms with van der Waals surface area (Å²) in [4.78, 5) is 59.3. The number of pyridine rings is 1. The van der Waals surface area contributed by atoms with Gasteiger partial charge in [0.15, 0.2) is 5.78 Å². The predicted molar refractivity (Wildman–Crippen MR) is 135 cm³/mol. The van der Waals surface area contributed by atoms with Crippen molar-refractivity contribution in [2.45, 2.75) is 84.1 Å². The van der Waals surface area contributed by atoms with Gasteiger partial charge >= 0.3 is 12.1 Å². The summed E-state index contributed by atoms with van der Waals surface area (Å²) in [5, 5.41) is 2.64.